The van der Waals surface area contributed by atoms with Gasteiger partial charge in [0.2, 0.25) is 0 Å². The summed E-state index contributed by atoms with van der Waals surface area (Å²) in [6, 6.07) is 8.68. The third kappa shape index (κ3) is 4.69. The minimum Gasteiger partial charge on any atom is -0.314 e. The van der Waals surface area contributed by atoms with Crippen LogP contribution in [0.25, 0.3) is 0 Å². The Kier molecular flexibility index (Phi) is 5.88. The van der Waals surface area contributed by atoms with E-state index < -0.39 is 45.2 Å². The molecule has 0 spiro atoms. The molecule has 8 heteroatoms. The Hall–Kier alpha value is -1.90. The van der Waals surface area contributed by atoms with E-state index in [9.17, 15) is 26.1 Å². The SMILES string of the molecule is O=S(=O)(O)C[C@H]([C@H](c1cccc(F)c1)c1cccc(F)c1F)[C@H]1CCCN1. The summed E-state index contributed by atoms with van der Waals surface area (Å²) in [4.78, 5) is 0. The lowest BCUT2D eigenvalue weighted by Gasteiger charge is -2.32. The molecule has 4 nitrogen and oxygen atoms in total. The normalized spacial score (nSPS) is 19.8. The molecular weight excluding hydrogens is 379 g/mol. The molecule has 1 fully saturated rings. The topological polar surface area (TPSA) is 66.4 Å². The molecule has 2 aromatic rings. The van der Waals surface area contributed by atoms with Gasteiger partial charge in [0.05, 0.1) is 5.75 Å². The standard InChI is InChI=1S/C19H20F3NO3S/c20-13-5-1-4-12(10-13)18(14-6-2-7-16(21)19(14)22)15(11-27(24,25)26)17-8-3-9-23-17/h1-2,4-7,10,15,17-18,23H,3,8-9,11H2,(H,24,25,26)/t15-,17+,18+/m0/s1. The minimum atomic E-state index is -4.40. The van der Waals surface area contributed by atoms with Crippen molar-refractivity contribution in [3.05, 3.63) is 71.0 Å². The number of benzene rings is 2. The lowest BCUT2D eigenvalue weighted by atomic mass is 9.77. The smallest absolute Gasteiger partial charge is 0.265 e. The molecule has 2 N–H and O–H groups in total. The average molecular weight is 399 g/mol. The van der Waals surface area contributed by atoms with Gasteiger partial charge in [-0.05, 0) is 48.7 Å². The first-order valence-corrected chi connectivity index (χ1v) is 10.2. The molecule has 3 rings (SSSR count). The Labute approximate surface area is 156 Å². The molecule has 0 unspecified atom stereocenters. The van der Waals surface area contributed by atoms with Crippen molar-refractivity contribution in [2.45, 2.75) is 24.8 Å². The first-order chi connectivity index (χ1) is 12.8. The van der Waals surface area contributed by atoms with E-state index in [-0.39, 0.29) is 11.6 Å². The molecule has 1 aliphatic rings. The van der Waals surface area contributed by atoms with Crippen LogP contribution in [-0.2, 0) is 10.1 Å². The van der Waals surface area contributed by atoms with Gasteiger partial charge >= 0.3 is 0 Å². The second-order valence-corrected chi connectivity index (χ2v) is 8.29. The maximum Gasteiger partial charge on any atom is 0.265 e. The van der Waals surface area contributed by atoms with Crippen molar-refractivity contribution in [1.29, 1.82) is 0 Å². The zero-order valence-corrected chi connectivity index (χ0v) is 15.2. The minimum absolute atomic E-state index is 0.0667. The molecule has 1 aliphatic heterocycles. The maximum atomic E-state index is 14.6. The quantitative estimate of drug-likeness (QED) is 0.730. The van der Waals surface area contributed by atoms with E-state index >= 15 is 0 Å². The average Bonchev–Trinajstić information content (AvgIpc) is 3.11. The summed E-state index contributed by atoms with van der Waals surface area (Å²) in [6.45, 7) is 0.647. The third-order valence-electron chi connectivity index (χ3n) is 4.97. The number of hydrogen-bond donors (Lipinski definition) is 2. The summed E-state index contributed by atoms with van der Waals surface area (Å²) in [5.74, 6) is -5.15. The lowest BCUT2D eigenvalue weighted by Crippen LogP contribution is -2.39. The molecular formula is C19H20F3NO3S. The van der Waals surface area contributed by atoms with Crippen LogP contribution in [0.3, 0.4) is 0 Å². The highest BCUT2D eigenvalue weighted by Crippen LogP contribution is 2.39. The van der Waals surface area contributed by atoms with Crippen molar-refractivity contribution in [3.63, 3.8) is 0 Å². The first-order valence-electron chi connectivity index (χ1n) is 8.64. The van der Waals surface area contributed by atoms with Crippen LogP contribution in [0.15, 0.2) is 42.5 Å². The molecule has 0 amide bonds. The van der Waals surface area contributed by atoms with Gasteiger partial charge in [-0.25, -0.2) is 13.2 Å². The van der Waals surface area contributed by atoms with Crippen molar-refractivity contribution in [3.8, 4) is 0 Å². The summed E-state index contributed by atoms with van der Waals surface area (Å²) in [7, 11) is -4.40. The maximum absolute atomic E-state index is 14.6. The number of nitrogens with one attached hydrogen (secondary N) is 1. The van der Waals surface area contributed by atoms with E-state index in [1.165, 1.54) is 30.3 Å². The molecule has 0 radical (unpaired) electrons. The monoisotopic (exact) mass is 399 g/mol. The van der Waals surface area contributed by atoms with E-state index in [1.54, 1.807) is 6.07 Å². The van der Waals surface area contributed by atoms with Crippen molar-refractivity contribution in [2.75, 3.05) is 12.3 Å². The van der Waals surface area contributed by atoms with Crippen molar-refractivity contribution in [1.82, 2.24) is 5.32 Å². The van der Waals surface area contributed by atoms with Gasteiger partial charge in [0.25, 0.3) is 10.1 Å². The van der Waals surface area contributed by atoms with Crippen LogP contribution in [0.5, 0.6) is 0 Å². The van der Waals surface area contributed by atoms with Crippen molar-refractivity contribution >= 4 is 10.1 Å². The van der Waals surface area contributed by atoms with Gasteiger partial charge in [0.15, 0.2) is 11.6 Å². The summed E-state index contributed by atoms with van der Waals surface area (Å²) >= 11 is 0. The van der Waals surface area contributed by atoms with Crippen molar-refractivity contribution in [2.24, 2.45) is 5.92 Å². The molecule has 0 aromatic heterocycles. The zero-order valence-electron chi connectivity index (χ0n) is 14.4. The van der Waals surface area contributed by atoms with E-state index in [0.717, 1.165) is 12.5 Å². The predicted octanol–water partition coefficient (Wildman–Crippen LogP) is 3.49. The summed E-state index contributed by atoms with van der Waals surface area (Å²) in [5.41, 5.74) is 0.254. The van der Waals surface area contributed by atoms with Gasteiger partial charge in [-0.15, -0.1) is 0 Å². The Morgan fingerprint density at radius 2 is 1.89 bits per heavy atom. The number of halogens is 3. The van der Waals surface area contributed by atoms with Crippen molar-refractivity contribution < 1.29 is 26.1 Å². The fraction of sp³-hybridized carbons (Fsp3) is 0.368. The highest BCUT2D eigenvalue weighted by Gasteiger charge is 2.38. The summed E-state index contributed by atoms with van der Waals surface area (Å²) < 4.78 is 75.2. The highest BCUT2D eigenvalue weighted by molar-refractivity contribution is 7.85. The van der Waals surface area contributed by atoms with Crippen LogP contribution in [0, 0.1) is 23.4 Å². The largest absolute Gasteiger partial charge is 0.314 e. The van der Waals surface area contributed by atoms with Gasteiger partial charge < -0.3 is 5.32 Å². The number of hydrogen-bond acceptors (Lipinski definition) is 3. The van der Waals surface area contributed by atoms with E-state index in [2.05, 4.69) is 5.32 Å². The van der Waals surface area contributed by atoms with Crippen LogP contribution >= 0.6 is 0 Å². The first kappa shape index (κ1) is 19.9. The lowest BCUT2D eigenvalue weighted by molar-refractivity contribution is 0.360. The highest BCUT2D eigenvalue weighted by atomic mass is 32.2. The fourth-order valence-corrected chi connectivity index (χ4v) is 4.79. The fourth-order valence-electron chi connectivity index (χ4n) is 3.88. The van der Waals surface area contributed by atoms with E-state index in [1.807, 2.05) is 0 Å². The van der Waals surface area contributed by atoms with Crippen LogP contribution < -0.4 is 5.32 Å². The second kappa shape index (κ2) is 8.00. The molecule has 27 heavy (non-hydrogen) atoms. The molecule has 2 aromatic carbocycles. The molecule has 0 aliphatic carbocycles. The molecule has 1 saturated heterocycles. The van der Waals surface area contributed by atoms with Gasteiger partial charge in [-0.1, -0.05) is 24.3 Å². The zero-order chi connectivity index (χ0) is 19.6. The molecule has 1 heterocycles. The van der Waals surface area contributed by atoms with Gasteiger partial charge in [-0.3, -0.25) is 4.55 Å². The van der Waals surface area contributed by atoms with Gasteiger partial charge in [-0.2, -0.15) is 8.42 Å². The second-order valence-electron chi connectivity index (χ2n) is 6.79. The van der Waals surface area contributed by atoms with Gasteiger partial charge in [0, 0.05) is 17.9 Å². The third-order valence-corrected chi connectivity index (χ3v) is 5.78. The number of rotatable bonds is 6. The van der Waals surface area contributed by atoms with Crippen LogP contribution in [-0.4, -0.2) is 31.3 Å². The van der Waals surface area contributed by atoms with E-state index in [4.69, 9.17) is 0 Å². The molecule has 0 bridgehead atoms. The summed E-state index contributed by atoms with van der Waals surface area (Å²) in [6.07, 6.45) is 1.40. The van der Waals surface area contributed by atoms with E-state index in [0.29, 0.717) is 18.5 Å². The Morgan fingerprint density at radius 3 is 2.52 bits per heavy atom. The molecule has 0 saturated carbocycles. The molecule has 3 atom stereocenters. The Morgan fingerprint density at radius 1 is 1.15 bits per heavy atom. The molecule has 146 valence electrons. The summed E-state index contributed by atoms with van der Waals surface area (Å²) in [5, 5.41) is 3.16. The van der Waals surface area contributed by atoms with Gasteiger partial charge in [0.1, 0.15) is 5.82 Å². The van der Waals surface area contributed by atoms with Crippen LogP contribution in [0.1, 0.15) is 29.9 Å². The Bertz CT molecular complexity index is 914. The van der Waals surface area contributed by atoms with Crippen LogP contribution in [0.4, 0.5) is 13.2 Å². The van der Waals surface area contributed by atoms with Crippen LogP contribution in [0.2, 0.25) is 0 Å². The Balaban J connectivity index is 2.18. The predicted molar refractivity (Wildman–Crippen MR) is 95.5 cm³/mol.